The molecule has 6 heteroatoms. The summed E-state index contributed by atoms with van der Waals surface area (Å²) >= 11 is 13.9. The third-order valence-electron chi connectivity index (χ3n) is 2.16. The number of carbonyl (C=O) groups is 1. The molecule has 1 heterocycles. The molecule has 0 fully saturated rings. The molecule has 18 heavy (non-hydrogen) atoms. The minimum atomic E-state index is -0.289. The van der Waals surface area contributed by atoms with Crippen LogP contribution >= 0.6 is 45.8 Å². The fraction of sp³-hybridized carbons (Fsp3) is 0. The molecule has 2 aromatic rings. The van der Waals surface area contributed by atoms with Crippen LogP contribution in [-0.2, 0) is 0 Å². The number of pyridine rings is 1. The first-order chi connectivity index (χ1) is 8.58. The lowest BCUT2D eigenvalue weighted by Crippen LogP contribution is -2.14. The van der Waals surface area contributed by atoms with Gasteiger partial charge in [0.05, 0.1) is 10.6 Å². The summed E-state index contributed by atoms with van der Waals surface area (Å²) in [6.45, 7) is 0. The van der Waals surface area contributed by atoms with Crippen molar-refractivity contribution in [3.8, 4) is 0 Å². The number of hydrogen-bond donors (Lipinski definition) is 1. The van der Waals surface area contributed by atoms with Crippen molar-refractivity contribution in [3.05, 3.63) is 55.7 Å². The van der Waals surface area contributed by atoms with E-state index in [-0.39, 0.29) is 5.91 Å². The molecule has 0 unspecified atom stereocenters. The fourth-order valence-corrected chi connectivity index (χ4v) is 2.25. The lowest BCUT2D eigenvalue weighted by atomic mass is 10.2. The summed E-state index contributed by atoms with van der Waals surface area (Å²) in [5, 5.41) is 3.55. The monoisotopic (exact) mass is 392 g/mol. The number of nitrogens with zero attached hydrogens (tertiary/aromatic N) is 1. The summed E-state index contributed by atoms with van der Waals surface area (Å²) in [7, 11) is 0. The molecule has 1 N–H and O–H groups in total. The Balaban J connectivity index is 2.28. The van der Waals surface area contributed by atoms with Crippen LogP contribution in [0.5, 0.6) is 0 Å². The van der Waals surface area contributed by atoms with Crippen molar-refractivity contribution in [3.63, 3.8) is 0 Å². The molecule has 92 valence electrons. The molecular formula is C12H7Cl2IN2O. The molecule has 2 rings (SSSR count). The van der Waals surface area contributed by atoms with Crippen molar-refractivity contribution in [1.29, 1.82) is 0 Å². The van der Waals surface area contributed by atoms with Crippen LogP contribution in [0.15, 0.2) is 36.5 Å². The number of amides is 1. The van der Waals surface area contributed by atoms with Crippen LogP contribution in [0.25, 0.3) is 0 Å². The molecule has 0 radical (unpaired) electrons. The minimum absolute atomic E-state index is 0.289. The Morgan fingerprint density at radius 1 is 1.28 bits per heavy atom. The van der Waals surface area contributed by atoms with Crippen molar-refractivity contribution < 1.29 is 4.79 Å². The van der Waals surface area contributed by atoms with Gasteiger partial charge in [-0.2, -0.15) is 0 Å². The number of aromatic nitrogens is 1. The number of halogens is 3. The van der Waals surface area contributed by atoms with Crippen LogP contribution in [0, 0.1) is 3.57 Å². The number of rotatable bonds is 2. The zero-order valence-corrected chi connectivity index (χ0v) is 12.6. The van der Waals surface area contributed by atoms with Crippen molar-refractivity contribution in [2.75, 3.05) is 5.32 Å². The smallest absolute Gasteiger partial charge is 0.257 e. The molecule has 0 aliphatic heterocycles. The summed E-state index contributed by atoms with van der Waals surface area (Å²) in [4.78, 5) is 16.1. The van der Waals surface area contributed by atoms with E-state index in [4.69, 9.17) is 23.2 Å². The second-order valence-corrected chi connectivity index (χ2v) is 5.42. The van der Waals surface area contributed by atoms with Gasteiger partial charge in [0.1, 0.15) is 0 Å². The van der Waals surface area contributed by atoms with Crippen LogP contribution < -0.4 is 5.32 Å². The first kappa shape index (κ1) is 13.6. The van der Waals surface area contributed by atoms with Gasteiger partial charge in [0.2, 0.25) is 0 Å². The van der Waals surface area contributed by atoms with Gasteiger partial charge < -0.3 is 5.32 Å². The zero-order chi connectivity index (χ0) is 13.1. The third-order valence-corrected chi connectivity index (χ3v) is 3.64. The van der Waals surface area contributed by atoms with E-state index in [1.54, 1.807) is 36.5 Å². The fourth-order valence-electron chi connectivity index (χ4n) is 1.32. The number of anilines is 1. The summed E-state index contributed by atoms with van der Waals surface area (Å²) < 4.78 is 0.807. The summed E-state index contributed by atoms with van der Waals surface area (Å²) in [5.41, 5.74) is 0.491. The number of benzene rings is 1. The first-order valence-electron chi connectivity index (χ1n) is 4.95. The lowest BCUT2D eigenvalue weighted by molar-refractivity contribution is 0.102. The highest BCUT2D eigenvalue weighted by Crippen LogP contribution is 2.21. The SMILES string of the molecule is O=C(Nc1ncccc1Cl)c1cc(Cl)ccc1I. The number of hydrogen-bond acceptors (Lipinski definition) is 2. The lowest BCUT2D eigenvalue weighted by Gasteiger charge is -2.07. The van der Waals surface area contributed by atoms with Crippen LogP contribution in [0.4, 0.5) is 5.82 Å². The normalized spacial score (nSPS) is 10.2. The predicted octanol–water partition coefficient (Wildman–Crippen LogP) is 4.25. The molecule has 3 nitrogen and oxygen atoms in total. The van der Waals surface area contributed by atoms with E-state index in [0.717, 1.165) is 3.57 Å². The minimum Gasteiger partial charge on any atom is -0.305 e. The van der Waals surface area contributed by atoms with Crippen LogP contribution in [0.1, 0.15) is 10.4 Å². The van der Waals surface area contributed by atoms with E-state index in [0.29, 0.717) is 21.4 Å². The van der Waals surface area contributed by atoms with E-state index < -0.39 is 0 Å². The van der Waals surface area contributed by atoms with Gasteiger partial charge in [-0.1, -0.05) is 23.2 Å². The summed E-state index contributed by atoms with van der Waals surface area (Å²) in [6.07, 6.45) is 1.56. The van der Waals surface area contributed by atoms with E-state index in [9.17, 15) is 4.79 Å². The molecule has 1 aromatic carbocycles. The highest BCUT2D eigenvalue weighted by atomic mass is 127. The molecule has 0 saturated carbocycles. The van der Waals surface area contributed by atoms with Gasteiger partial charge in [-0.25, -0.2) is 4.98 Å². The van der Waals surface area contributed by atoms with Crippen molar-refractivity contribution in [2.24, 2.45) is 0 Å². The molecule has 1 aromatic heterocycles. The van der Waals surface area contributed by atoms with Gasteiger partial charge in [0.25, 0.3) is 5.91 Å². The molecule has 0 aliphatic carbocycles. The third kappa shape index (κ3) is 3.13. The number of carbonyl (C=O) groups excluding carboxylic acids is 1. The van der Waals surface area contributed by atoms with E-state index in [1.807, 2.05) is 0 Å². The molecule has 0 bridgehead atoms. The maximum atomic E-state index is 12.1. The average molecular weight is 393 g/mol. The predicted molar refractivity (Wildman–Crippen MR) is 81.4 cm³/mol. The molecule has 0 atom stereocenters. The topological polar surface area (TPSA) is 42.0 Å². The zero-order valence-electron chi connectivity index (χ0n) is 8.95. The van der Waals surface area contributed by atoms with Gasteiger partial charge in [-0.3, -0.25) is 4.79 Å². The molecule has 0 spiro atoms. The Hall–Kier alpha value is -0.850. The Morgan fingerprint density at radius 3 is 2.78 bits per heavy atom. The Morgan fingerprint density at radius 2 is 2.06 bits per heavy atom. The highest BCUT2D eigenvalue weighted by molar-refractivity contribution is 14.1. The molecule has 0 aliphatic rings. The number of nitrogens with one attached hydrogen (secondary N) is 1. The Labute approximate surface area is 128 Å². The molecule has 0 saturated heterocycles. The van der Waals surface area contributed by atoms with Gasteiger partial charge >= 0.3 is 0 Å². The summed E-state index contributed by atoms with van der Waals surface area (Å²) in [5.74, 6) is 0.0439. The van der Waals surface area contributed by atoms with Crippen molar-refractivity contribution in [1.82, 2.24) is 4.98 Å². The Bertz CT molecular complexity index is 604. The molecular weight excluding hydrogens is 386 g/mol. The maximum absolute atomic E-state index is 12.1. The van der Waals surface area contributed by atoms with E-state index in [1.165, 1.54) is 0 Å². The van der Waals surface area contributed by atoms with Gasteiger partial charge in [0, 0.05) is 14.8 Å². The van der Waals surface area contributed by atoms with Crippen molar-refractivity contribution >= 4 is 57.5 Å². The van der Waals surface area contributed by atoms with Crippen LogP contribution in [-0.4, -0.2) is 10.9 Å². The second-order valence-electron chi connectivity index (χ2n) is 3.41. The quantitative estimate of drug-likeness (QED) is 0.776. The first-order valence-corrected chi connectivity index (χ1v) is 6.78. The largest absolute Gasteiger partial charge is 0.305 e. The van der Waals surface area contributed by atoms with Gasteiger partial charge in [-0.05, 0) is 52.9 Å². The summed E-state index contributed by atoms with van der Waals surface area (Å²) in [6, 6.07) is 8.47. The van der Waals surface area contributed by atoms with Gasteiger partial charge in [-0.15, -0.1) is 0 Å². The second kappa shape index (κ2) is 5.86. The average Bonchev–Trinajstić information content (AvgIpc) is 2.35. The van der Waals surface area contributed by atoms with Crippen molar-refractivity contribution in [2.45, 2.75) is 0 Å². The van der Waals surface area contributed by atoms with E-state index >= 15 is 0 Å². The highest BCUT2D eigenvalue weighted by Gasteiger charge is 2.12. The van der Waals surface area contributed by atoms with Gasteiger partial charge in [0.15, 0.2) is 5.82 Å². The maximum Gasteiger partial charge on any atom is 0.257 e. The molecule has 1 amide bonds. The standard InChI is InChI=1S/C12H7Cl2IN2O/c13-7-3-4-10(15)8(6-7)12(18)17-11-9(14)2-1-5-16-11/h1-6H,(H,16,17,18). The van der Waals surface area contributed by atoms with Crippen LogP contribution in [0.3, 0.4) is 0 Å². The van der Waals surface area contributed by atoms with E-state index in [2.05, 4.69) is 32.9 Å². The Kier molecular flexibility index (Phi) is 4.42. The van der Waals surface area contributed by atoms with Crippen LogP contribution in [0.2, 0.25) is 10.0 Å².